The Morgan fingerprint density at radius 2 is 1.89 bits per heavy atom. The first kappa shape index (κ1) is 13.5. The molecule has 0 saturated carbocycles. The summed E-state index contributed by atoms with van der Waals surface area (Å²) in [4.78, 5) is 22.8. The van der Waals surface area contributed by atoms with E-state index in [1.807, 2.05) is 0 Å². The van der Waals surface area contributed by atoms with Crippen molar-refractivity contribution in [3.8, 4) is 0 Å². The van der Waals surface area contributed by atoms with Gasteiger partial charge in [0.15, 0.2) is 5.37 Å². The number of carbonyl (C=O) groups is 2. The molecule has 2 N–H and O–H groups in total. The van der Waals surface area contributed by atoms with Crippen LogP contribution >= 0.6 is 0 Å². The number of hydrogen-bond donors (Lipinski definition) is 2. The zero-order valence-corrected chi connectivity index (χ0v) is 10.8. The number of β-lactam (4-membered cyclic amide) rings is 1. The second-order valence-electron chi connectivity index (χ2n) is 4.17. The Balaban J connectivity index is 2.36. The van der Waals surface area contributed by atoms with Crippen LogP contribution in [0, 0.1) is 0 Å². The molecule has 2 amide bonds. The van der Waals surface area contributed by atoms with Crippen molar-refractivity contribution in [2.75, 3.05) is 0 Å². The summed E-state index contributed by atoms with van der Waals surface area (Å²) in [7, 11) is -4.50. The van der Waals surface area contributed by atoms with Gasteiger partial charge in [0, 0.05) is 6.92 Å². The van der Waals surface area contributed by atoms with Crippen molar-refractivity contribution in [1.29, 1.82) is 0 Å². The van der Waals surface area contributed by atoms with Crippen molar-refractivity contribution in [2.45, 2.75) is 18.2 Å². The average molecular weight is 284 g/mol. The van der Waals surface area contributed by atoms with Gasteiger partial charge in [0.1, 0.15) is 5.92 Å². The van der Waals surface area contributed by atoms with Crippen LogP contribution in [0.3, 0.4) is 0 Å². The SMILES string of the molecule is CC(=O)NN1C(=O)[C@H](c2ccccc2)[C@H]1S(=O)(=O)O. The number of nitrogens with zero attached hydrogens (tertiary/aromatic N) is 1. The van der Waals surface area contributed by atoms with Crippen LogP contribution in [0.1, 0.15) is 18.4 Å². The van der Waals surface area contributed by atoms with Gasteiger partial charge in [-0.05, 0) is 5.56 Å². The molecule has 7 nitrogen and oxygen atoms in total. The third kappa shape index (κ3) is 2.45. The Labute approximate surface area is 109 Å². The first-order chi connectivity index (χ1) is 8.82. The lowest BCUT2D eigenvalue weighted by atomic mass is 9.91. The van der Waals surface area contributed by atoms with Gasteiger partial charge < -0.3 is 0 Å². The molecule has 19 heavy (non-hydrogen) atoms. The topological polar surface area (TPSA) is 104 Å². The van der Waals surface area contributed by atoms with E-state index in [-0.39, 0.29) is 0 Å². The summed E-state index contributed by atoms with van der Waals surface area (Å²) in [5.74, 6) is -2.18. The van der Waals surface area contributed by atoms with E-state index in [0.29, 0.717) is 10.6 Å². The maximum atomic E-state index is 11.9. The highest BCUT2D eigenvalue weighted by Gasteiger charge is 2.55. The highest BCUT2D eigenvalue weighted by atomic mass is 32.2. The number of nitrogens with one attached hydrogen (secondary N) is 1. The summed E-state index contributed by atoms with van der Waals surface area (Å²) in [6, 6.07) is 8.22. The molecule has 1 fully saturated rings. The molecule has 0 aromatic heterocycles. The average Bonchev–Trinajstić information content (AvgIpc) is 2.32. The summed E-state index contributed by atoms with van der Waals surface area (Å²) in [6.45, 7) is 1.14. The molecule has 0 spiro atoms. The van der Waals surface area contributed by atoms with Crippen LogP contribution in [0.25, 0.3) is 0 Å². The highest BCUT2D eigenvalue weighted by Crippen LogP contribution is 2.36. The summed E-state index contributed by atoms with van der Waals surface area (Å²) in [6.07, 6.45) is 0. The number of amides is 2. The third-order valence-electron chi connectivity index (χ3n) is 2.78. The Morgan fingerprint density at radius 3 is 2.37 bits per heavy atom. The smallest absolute Gasteiger partial charge is 0.284 e. The number of carbonyl (C=O) groups excluding carboxylic acids is 2. The van der Waals surface area contributed by atoms with E-state index in [0.717, 1.165) is 6.92 Å². The fourth-order valence-electron chi connectivity index (χ4n) is 2.03. The van der Waals surface area contributed by atoms with Gasteiger partial charge >= 0.3 is 0 Å². The van der Waals surface area contributed by atoms with E-state index >= 15 is 0 Å². The lowest BCUT2D eigenvalue weighted by Gasteiger charge is -2.44. The number of benzene rings is 1. The largest absolute Gasteiger partial charge is 0.289 e. The molecular formula is C11H12N2O5S. The normalized spacial score (nSPS) is 22.8. The second kappa shape index (κ2) is 4.63. The highest BCUT2D eigenvalue weighted by molar-refractivity contribution is 7.86. The van der Waals surface area contributed by atoms with Crippen LogP contribution in [-0.2, 0) is 19.7 Å². The van der Waals surface area contributed by atoms with Crippen molar-refractivity contribution < 1.29 is 22.6 Å². The van der Waals surface area contributed by atoms with E-state index in [4.69, 9.17) is 0 Å². The van der Waals surface area contributed by atoms with Gasteiger partial charge in [-0.25, -0.2) is 5.01 Å². The van der Waals surface area contributed by atoms with E-state index in [2.05, 4.69) is 5.43 Å². The molecule has 8 heteroatoms. The molecule has 1 saturated heterocycles. The summed E-state index contributed by atoms with van der Waals surface area (Å²) >= 11 is 0. The number of rotatable bonds is 3. The third-order valence-corrected chi connectivity index (χ3v) is 3.88. The van der Waals surface area contributed by atoms with Gasteiger partial charge in [-0.15, -0.1) is 0 Å². The van der Waals surface area contributed by atoms with Gasteiger partial charge in [-0.1, -0.05) is 30.3 Å². The summed E-state index contributed by atoms with van der Waals surface area (Å²) in [5, 5.41) is -0.860. The van der Waals surface area contributed by atoms with E-state index < -0.39 is 33.2 Å². The second-order valence-corrected chi connectivity index (χ2v) is 5.68. The molecule has 0 radical (unpaired) electrons. The lowest BCUT2D eigenvalue weighted by Crippen LogP contribution is -2.68. The molecule has 0 aliphatic carbocycles. The first-order valence-corrected chi connectivity index (χ1v) is 6.94. The Bertz CT molecular complexity index is 613. The quantitative estimate of drug-likeness (QED) is 0.594. The van der Waals surface area contributed by atoms with Gasteiger partial charge in [0.25, 0.3) is 16.0 Å². The van der Waals surface area contributed by atoms with E-state index in [9.17, 15) is 22.6 Å². The van der Waals surface area contributed by atoms with Crippen LogP contribution in [0.2, 0.25) is 0 Å². The molecular weight excluding hydrogens is 272 g/mol. The van der Waals surface area contributed by atoms with Crippen molar-refractivity contribution in [3.05, 3.63) is 35.9 Å². The molecule has 102 valence electrons. The predicted octanol–water partition coefficient (Wildman–Crippen LogP) is -0.123. The van der Waals surface area contributed by atoms with Crippen LogP contribution in [0.15, 0.2) is 30.3 Å². The Hall–Kier alpha value is -1.93. The molecule has 1 aromatic rings. The Morgan fingerprint density at radius 1 is 1.32 bits per heavy atom. The van der Waals surface area contributed by atoms with Crippen molar-refractivity contribution in [3.63, 3.8) is 0 Å². The summed E-state index contributed by atoms with van der Waals surface area (Å²) < 4.78 is 31.9. The molecule has 0 bridgehead atoms. The van der Waals surface area contributed by atoms with Crippen molar-refractivity contribution in [2.24, 2.45) is 0 Å². The van der Waals surface area contributed by atoms with Crippen molar-refractivity contribution >= 4 is 21.9 Å². The summed E-state index contributed by atoms with van der Waals surface area (Å²) in [5.41, 5.74) is 2.56. The van der Waals surface area contributed by atoms with Gasteiger partial charge in [0.2, 0.25) is 5.91 Å². The molecule has 1 heterocycles. The van der Waals surface area contributed by atoms with Crippen LogP contribution in [-0.4, -0.2) is 35.2 Å². The monoisotopic (exact) mass is 284 g/mol. The maximum Gasteiger partial charge on any atom is 0.289 e. The fraction of sp³-hybridized carbons (Fsp3) is 0.273. The van der Waals surface area contributed by atoms with Crippen LogP contribution < -0.4 is 5.43 Å². The molecule has 1 aliphatic heterocycles. The zero-order valence-electron chi connectivity index (χ0n) is 9.98. The van der Waals surface area contributed by atoms with Crippen LogP contribution in [0.5, 0.6) is 0 Å². The zero-order chi connectivity index (χ0) is 14.2. The first-order valence-electron chi connectivity index (χ1n) is 5.44. The molecule has 0 unspecified atom stereocenters. The minimum Gasteiger partial charge on any atom is -0.284 e. The van der Waals surface area contributed by atoms with Gasteiger partial charge in [-0.3, -0.25) is 19.6 Å². The lowest BCUT2D eigenvalue weighted by molar-refractivity contribution is -0.155. The molecule has 2 rings (SSSR count). The predicted molar refractivity (Wildman–Crippen MR) is 65.2 cm³/mol. The van der Waals surface area contributed by atoms with Gasteiger partial charge in [-0.2, -0.15) is 8.42 Å². The number of hydrazine groups is 1. The maximum absolute atomic E-state index is 11.9. The molecule has 2 atom stereocenters. The number of hydrogen-bond acceptors (Lipinski definition) is 4. The van der Waals surface area contributed by atoms with E-state index in [1.54, 1.807) is 30.3 Å². The molecule has 1 aliphatic rings. The standard InChI is InChI=1S/C11H12N2O5S/c1-7(14)12-13-10(15)9(11(13)19(16,17)18)8-5-3-2-4-6-8/h2-6,9,11H,1H3,(H,12,14)(H,16,17,18)/t9-,11+/m0/s1. The van der Waals surface area contributed by atoms with Gasteiger partial charge in [0.05, 0.1) is 0 Å². The Kier molecular flexibility index (Phi) is 3.29. The van der Waals surface area contributed by atoms with Crippen molar-refractivity contribution in [1.82, 2.24) is 10.4 Å². The van der Waals surface area contributed by atoms with E-state index in [1.165, 1.54) is 0 Å². The van der Waals surface area contributed by atoms with Crippen LogP contribution in [0.4, 0.5) is 0 Å². The molecule has 1 aromatic carbocycles. The minimum absolute atomic E-state index is 0.469. The fourth-order valence-corrected chi connectivity index (χ4v) is 3.07. The minimum atomic E-state index is -4.50.